The fourth-order valence-electron chi connectivity index (χ4n) is 2.55. The Morgan fingerprint density at radius 2 is 1.82 bits per heavy atom. The zero-order chi connectivity index (χ0) is 19.7. The molecule has 0 bridgehead atoms. The van der Waals surface area contributed by atoms with E-state index in [1.807, 2.05) is 0 Å². The largest absolute Gasteiger partial charge is 0.419 e. The van der Waals surface area contributed by atoms with Crippen molar-refractivity contribution in [1.29, 1.82) is 0 Å². The summed E-state index contributed by atoms with van der Waals surface area (Å²) in [5.41, 5.74) is 5.84. The Morgan fingerprint density at radius 1 is 1.11 bits per heavy atom. The monoisotopic (exact) mass is 382 g/mol. The molecular weight excluding hydrogens is 370 g/mol. The number of hydrogen-bond acceptors (Lipinski definition) is 6. The highest BCUT2D eigenvalue weighted by Gasteiger charge is 2.23. The third-order valence-electron chi connectivity index (χ3n) is 3.85. The molecule has 10 heteroatoms. The van der Waals surface area contributed by atoms with Gasteiger partial charge in [-0.15, -0.1) is 0 Å². The SMILES string of the molecule is NC(=O)c1nc(-c2c(F)cccc2F)oc1Nc1ccc(-n2cncn2)cc1. The average molecular weight is 382 g/mol. The van der Waals surface area contributed by atoms with Gasteiger partial charge in [0, 0.05) is 5.69 Å². The number of halogens is 2. The van der Waals surface area contributed by atoms with E-state index in [1.54, 1.807) is 35.3 Å². The van der Waals surface area contributed by atoms with Crippen molar-refractivity contribution in [3.05, 3.63) is 72.4 Å². The minimum Gasteiger partial charge on any atom is -0.419 e. The smallest absolute Gasteiger partial charge is 0.273 e. The summed E-state index contributed by atoms with van der Waals surface area (Å²) in [6.45, 7) is 0. The minimum atomic E-state index is -0.909. The van der Waals surface area contributed by atoms with Crippen LogP contribution in [0.4, 0.5) is 20.4 Å². The maximum atomic E-state index is 14.0. The first-order chi connectivity index (χ1) is 13.5. The van der Waals surface area contributed by atoms with Crippen molar-refractivity contribution in [3.8, 4) is 17.1 Å². The molecule has 2 aromatic carbocycles. The molecule has 0 fully saturated rings. The van der Waals surface area contributed by atoms with Crippen molar-refractivity contribution in [2.45, 2.75) is 0 Å². The van der Waals surface area contributed by atoms with Gasteiger partial charge in [-0.2, -0.15) is 5.10 Å². The zero-order valence-electron chi connectivity index (χ0n) is 14.1. The topological polar surface area (TPSA) is 112 Å². The van der Waals surface area contributed by atoms with Crippen molar-refractivity contribution in [3.63, 3.8) is 0 Å². The van der Waals surface area contributed by atoms with Gasteiger partial charge in [-0.1, -0.05) is 6.07 Å². The third-order valence-corrected chi connectivity index (χ3v) is 3.85. The molecule has 0 saturated heterocycles. The van der Waals surface area contributed by atoms with Gasteiger partial charge in [0.25, 0.3) is 5.91 Å². The quantitative estimate of drug-likeness (QED) is 0.549. The van der Waals surface area contributed by atoms with Gasteiger partial charge in [0.2, 0.25) is 11.8 Å². The van der Waals surface area contributed by atoms with E-state index < -0.39 is 29.0 Å². The molecule has 4 aromatic rings. The molecule has 140 valence electrons. The van der Waals surface area contributed by atoms with Gasteiger partial charge in [0.05, 0.1) is 5.69 Å². The molecule has 4 rings (SSSR count). The number of nitrogens with two attached hydrogens (primary N) is 1. The van der Waals surface area contributed by atoms with E-state index in [0.717, 1.165) is 17.8 Å². The molecule has 0 atom stereocenters. The van der Waals surface area contributed by atoms with Gasteiger partial charge in [-0.05, 0) is 36.4 Å². The molecule has 0 aliphatic carbocycles. The van der Waals surface area contributed by atoms with Gasteiger partial charge in [-0.3, -0.25) is 4.79 Å². The Hall–Kier alpha value is -4.08. The van der Waals surface area contributed by atoms with Crippen LogP contribution in [0.25, 0.3) is 17.1 Å². The predicted molar refractivity (Wildman–Crippen MR) is 95.0 cm³/mol. The van der Waals surface area contributed by atoms with Crippen LogP contribution < -0.4 is 11.1 Å². The van der Waals surface area contributed by atoms with Crippen LogP contribution in [-0.2, 0) is 0 Å². The maximum absolute atomic E-state index is 14.0. The van der Waals surface area contributed by atoms with Crippen LogP contribution in [0.5, 0.6) is 0 Å². The number of carbonyl (C=O) groups excluding carboxylic acids is 1. The van der Waals surface area contributed by atoms with Gasteiger partial charge in [-0.25, -0.2) is 23.4 Å². The summed E-state index contributed by atoms with van der Waals surface area (Å²) in [4.78, 5) is 19.4. The predicted octanol–water partition coefficient (Wildman–Crippen LogP) is 3.04. The first-order valence-electron chi connectivity index (χ1n) is 8.00. The second kappa shape index (κ2) is 6.91. The standard InChI is InChI=1S/C18H12F2N6O2/c19-12-2-1-3-13(20)14(12)17-25-15(16(21)27)18(28-17)24-10-4-6-11(7-5-10)26-9-22-8-23-26/h1-9,24H,(H2,21,27). The number of aromatic nitrogens is 4. The summed E-state index contributed by atoms with van der Waals surface area (Å²) in [6.07, 6.45) is 2.95. The number of nitrogens with zero attached hydrogens (tertiary/aromatic N) is 4. The number of rotatable bonds is 5. The van der Waals surface area contributed by atoms with Crippen molar-refractivity contribution in [1.82, 2.24) is 19.7 Å². The van der Waals surface area contributed by atoms with E-state index in [0.29, 0.717) is 5.69 Å². The van der Waals surface area contributed by atoms with E-state index >= 15 is 0 Å². The molecule has 28 heavy (non-hydrogen) atoms. The Morgan fingerprint density at radius 3 is 2.43 bits per heavy atom. The first-order valence-corrected chi connectivity index (χ1v) is 8.00. The minimum absolute atomic E-state index is 0.126. The van der Waals surface area contributed by atoms with Gasteiger partial charge in [0.15, 0.2) is 5.69 Å². The molecule has 0 spiro atoms. The summed E-state index contributed by atoms with van der Waals surface area (Å²) in [5.74, 6) is -3.18. The van der Waals surface area contributed by atoms with E-state index in [2.05, 4.69) is 20.4 Å². The Balaban J connectivity index is 1.68. The van der Waals surface area contributed by atoms with Crippen LogP contribution in [0.3, 0.4) is 0 Å². The van der Waals surface area contributed by atoms with Crippen LogP contribution in [0, 0.1) is 11.6 Å². The maximum Gasteiger partial charge on any atom is 0.273 e. The number of anilines is 2. The summed E-state index contributed by atoms with van der Waals surface area (Å²) in [7, 11) is 0. The lowest BCUT2D eigenvalue weighted by Gasteiger charge is -2.05. The third kappa shape index (κ3) is 3.18. The summed E-state index contributed by atoms with van der Waals surface area (Å²) < 4.78 is 34.9. The van der Waals surface area contributed by atoms with E-state index in [9.17, 15) is 13.6 Å². The Bertz CT molecular complexity index is 1120. The summed E-state index contributed by atoms with van der Waals surface area (Å²) in [6, 6.07) is 10.2. The second-order valence-corrected chi connectivity index (χ2v) is 5.67. The molecule has 0 saturated carbocycles. The van der Waals surface area contributed by atoms with Crippen LogP contribution in [0.1, 0.15) is 10.5 Å². The highest BCUT2D eigenvalue weighted by Crippen LogP contribution is 2.31. The lowest BCUT2D eigenvalue weighted by Crippen LogP contribution is -2.13. The molecular formula is C18H12F2N6O2. The lowest BCUT2D eigenvalue weighted by molar-refractivity contribution is 0.0996. The van der Waals surface area contributed by atoms with Crippen LogP contribution in [-0.4, -0.2) is 25.7 Å². The van der Waals surface area contributed by atoms with Crippen LogP contribution in [0.15, 0.2) is 59.5 Å². The number of hydrogen-bond donors (Lipinski definition) is 2. The van der Waals surface area contributed by atoms with Crippen molar-refractivity contribution in [2.24, 2.45) is 5.73 Å². The number of carbonyl (C=O) groups is 1. The molecule has 0 aliphatic heterocycles. The number of benzene rings is 2. The molecule has 0 aliphatic rings. The number of oxazole rings is 1. The van der Waals surface area contributed by atoms with Gasteiger partial charge in [0.1, 0.15) is 29.9 Å². The molecule has 0 unspecified atom stereocenters. The number of primary amides is 1. The highest BCUT2D eigenvalue weighted by molar-refractivity contribution is 5.96. The van der Waals surface area contributed by atoms with Gasteiger partial charge >= 0.3 is 0 Å². The van der Waals surface area contributed by atoms with Crippen LogP contribution >= 0.6 is 0 Å². The van der Waals surface area contributed by atoms with Gasteiger partial charge < -0.3 is 15.5 Å². The molecule has 8 nitrogen and oxygen atoms in total. The van der Waals surface area contributed by atoms with E-state index in [1.165, 1.54) is 12.4 Å². The van der Waals surface area contributed by atoms with Crippen molar-refractivity contribution in [2.75, 3.05) is 5.32 Å². The van der Waals surface area contributed by atoms with Crippen LogP contribution in [0.2, 0.25) is 0 Å². The summed E-state index contributed by atoms with van der Waals surface area (Å²) in [5, 5.41) is 6.85. The van der Waals surface area contributed by atoms with Crippen molar-refractivity contribution >= 4 is 17.5 Å². The lowest BCUT2D eigenvalue weighted by atomic mass is 10.2. The number of amides is 1. The fraction of sp³-hybridized carbons (Fsp3) is 0. The molecule has 1 amide bonds. The normalized spacial score (nSPS) is 10.8. The molecule has 0 radical (unpaired) electrons. The summed E-state index contributed by atoms with van der Waals surface area (Å²) >= 11 is 0. The van der Waals surface area contributed by atoms with E-state index in [-0.39, 0.29) is 11.6 Å². The fourth-order valence-corrected chi connectivity index (χ4v) is 2.55. The molecule has 2 aromatic heterocycles. The average Bonchev–Trinajstić information content (AvgIpc) is 3.33. The van der Waals surface area contributed by atoms with E-state index in [4.69, 9.17) is 10.2 Å². The van der Waals surface area contributed by atoms with Crippen molar-refractivity contribution < 1.29 is 18.0 Å². The number of nitrogens with one attached hydrogen (secondary N) is 1. The molecule has 3 N–H and O–H groups in total. The zero-order valence-corrected chi connectivity index (χ0v) is 14.1. The Kier molecular flexibility index (Phi) is 4.28. The highest BCUT2D eigenvalue weighted by atomic mass is 19.1. The first kappa shape index (κ1) is 17.3. The second-order valence-electron chi connectivity index (χ2n) is 5.67. The Labute approximate surface area is 156 Å². The molecule has 2 heterocycles.